The average molecular weight is 396 g/mol. The predicted octanol–water partition coefficient (Wildman–Crippen LogP) is 2.63. The number of hydrogen-bond donors (Lipinski definition) is 2. The van der Waals surface area contributed by atoms with E-state index in [0.29, 0.717) is 5.92 Å². The van der Waals surface area contributed by atoms with Crippen molar-refractivity contribution >= 4 is 18.3 Å². The number of amides is 1. The molecule has 27 heavy (non-hydrogen) atoms. The molecule has 2 atom stereocenters. The molecule has 0 saturated carbocycles. The van der Waals surface area contributed by atoms with Crippen molar-refractivity contribution in [3.63, 3.8) is 0 Å². The zero-order valence-corrected chi connectivity index (χ0v) is 17.2. The molecule has 5 nitrogen and oxygen atoms in total. The second-order valence-corrected chi connectivity index (χ2v) is 7.55. The third kappa shape index (κ3) is 6.98. The number of rotatable bonds is 8. The summed E-state index contributed by atoms with van der Waals surface area (Å²) in [6, 6.07) is 8.39. The van der Waals surface area contributed by atoms with E-state index in [2.05, 4.69) is 40.7 Å². The maximum atomic E-state index is 12.1. The Kier molecular flexibility index (Phi) is 9.39. The van der Waals surface area contributed by atoms with Crippen LogP contribution in [0.3, 0.4) is 0 Å². The Labute approximate surface area is 169 Å². The Morgan fingerprint density at radius 2 is 2.22 bits per heavy atom. The molecule has 0 radical (unpaired) electrons. The van der Waals surface area contributed by atoms with Gasteiger partial charge in [-0.05, 0) is 68.8 Å². The van der Waals surface area contributed by atoms with Crippen molar-refractivity contribution in [2.24, 2.45) is 5.92 Å². The Morgan fingerprint density at radius 3 is 3.00 bits per heavy atom. The Balaban J connectivity index is 0.00000261. The second-order valence-electron chi connectivity index (χ2n) is 7.55. The van der Waals surface area contributed by atoms with Crippen molar-refractivity contribution in [1.29, 1.82) is 0 Å². The zero-order chi connectivity index (χ0) is 18.2. The molecule has 2 aliphatic heterocycles. The molecule has 0 aliphatic carbocycles. The summed E-state index contributed by atoms with van der Waals surface area (Å²) in [5.74, 6) is 1.70. The third-order valence-electron chi connectivity index (χ3n) is 5.53. The van der Waals surface area contributed by atoms with E-state index >= 15 is 0 Å². The summed E-state index contributed by atoms with van der Waals surface area (Å²) in [6.07, 6.45) is 5.52. The lowest BCUT2D eigenvalue weighted by Gasteiger charge is -2.32. The first-order chi connectivity index (χ1) is 12.7. The summed E-state index contributed by atoms with van der Waals surface area (Å²) in [7, 11) is 0. The fourth-order valence-electron chi connectivity index (χ4n) is 3.95. The Bertz CT molecular complexity index is 578. The van der Waals surface area contributed by atoms with E-state index in [1.54, 1.807) is 0 Å². The van der Waals surface area contributed by atoms with Crippen LogP contribution < -0.4 is 15.4 Å². The molecule has 2 saturated heterocycles. The lowest BCUT2D eigenvalue weighted by Crippen LogP contribution is -2.46. The van der Waals surface area contributed by atoms with Crippen LogP contribution in [0.15, 0.2) is 24.3 Å². The minimum absolute atomic E-state index is 0. The normalized spacial score (nSPS) is 22.9. The summed E-state index contributed by atoms with van der Waals surface area (Å²) < 4.78 is 5.93. The van der Waals surface area contributed by atoms with Crippen LogP contribution in [-0.4, -0.2) is 56.2 Å². The molecular weight excluding hydrogens is 362 g/mol. The number of benzene rings is 1. The van der Waals surface area contributed by atoms with Crippen LogP contribution in [0.5, 0.6) is 5.75 Å². The fourth-order valence-corrected chi connectivity index (χ4v) is 3.95. The van der Waals surface area contributed by atoms with Gasteiger partial charge in [-0.2, -0.15) is 0 Å². The van der Waals surface area contributed by atoms with Gasteiger partial charge in [0.25, 0.3) is 0 Å². The quantitative estimate of drug-likeness (QED) is 0.710. The van der Waals surface area contributed by atoms with Crippen molar-refractivity contribution in [1.82, 2.24) is 15.5 Å². The molecule has 2 N–H and O–H groups in total. The van der Waals surface area contributed by atoms with Gasteiger partial charge in [-0.3, -0.25) is 9.69 Å². The number of piperidine rings is 1. The van der Waals surface area contributed by atoms with Gasteiger partial charge >= 0.3 is 0 Å². The predicted molar refractivity (Wildman–Crippen MR) is 112 cm³/mol. The number of hydrogen-bond acceptors (Lipinski definition) is 4. The number of nitrogens with zero attached hydrogens (tertiary/aromatic N) is 1. The number of nitrogens with one attached hydrogen (secondary N) is 2. The molecule has 6 heteroatoms. The van der Waals surface area contributed by atoms with Gasteiger partial charge in [-0.1, -0.05) is 19.1 Å². The molecule has 1 aromatic rings. The maximum Gasteiger partial charge on any atom is 0.237 e. The van der Waals surface area contributed by atoms with Crippen LogP contribution in [0.2, 0.25) is 0 Å². The topological polar surface area (TPSA) is 53.6 Å². The maximum absolute atomic E-state index is 12.1. The molecule has 0 spiro atoms. The van der Waals surface area contributed by atoms with E-state index in [-0.39, 0.29) is 24.4 Å². The monoisotopic (exact) mass is 395 g/mol. The van der Waals surface area contributed by atoms with Crippen LogP contribution in [-0.2, 0) is 11.2 Å². The largest absolute Gasteiger partial charge is 0.492 e. The summed E-state index contributed by atoms with van der Waals surface area (Å²) in [5.41, 5.74) is 1.31. The van der Waals surface area contributed by atoms with Gasteiger partial charge in [0.05, 0.1) is 6.04 Å². The molecule has 1 amide bonds. The highest BCUT2D eigenvalue weighted by Gasteiger charge is 2.24. The highest BCUT2D eigenvalue weighted by molar-refractivity contribution is 5.85. The number of aryl methyl sites for hydroxylation is 1. The Morgan fingerprint density at radius 1 is 1.33 bits per heavy atom. The first-order valence-corrected chi connectivity index (χ1v) is 10.2. The number of carbonyl (C=O) groups excluding carboxylic acids is 1. The smallest absolute Gasteiger partial charge is 0.237 e. The summed E-state index contributed by atoms with van der Waals surface area (Å²) in [5, 5.41) is 6.42. The number of likely N-dealkylation sites (tertiary alicyclic amines) is 1. The lowest BCUT2D eigenvalue weighted by molar-refractivity contribution is -0.123. The summed E-state index contributed by atoms with van der Waals surface area (Å²) >= 11 is 0. The van der Waals surface area contributed by atoms with Crippen molar-refractivity contribution in [2.75, 3.05) is 39.3 Å². The third-order valence-corrected chi connectivity index (χ3v) is 5.53. The number of ether oxygens (including phenoxy) is 1. The van der Waals surface area contributed by atoms with Gasteiger partial charge in [0.1, 0.15) is 12.4 Å². The molecule has 2 unspecified atom stereocenters. The number of halogens is 1. The van der Waals surface area contributed by atoms with Crippen LogP contribution in [0, 0.1) is 5.92 Å². The second kappa shape index (κ2) is 11.5. The van der Waals surface area contributed by atoms with E-state index in [9.17, 15) is 4.79 Å². The molecule has 2 aliphatic rings. The molecule has 2 fully saturated rings. The van der Waals surface area contributed by atoms with Crippen molar-refractivity contribution < 1.29 is 9.53 Å². The molecule has 152 valence electrons. The van der Waals surface area contributed by atoms with Crippen molar-refractivity contribution in [2.45, 2.75) is 45.1 Å². The van der Waals surface area contributed by atoms with E-state index in [0.717, 1.165) is 64.3 Å². The zero-order valence-electron chi connectivity index (χ0n) is 16.4. The highest BCUT2D eigenvalue weighted by atomic mass is 35.5. The van der Waals surface area contributed by atoms with Gasteiger partial charge in [-0.25, -0.2) is 0 Å². The number of carbonyl (C=O) groups is 1. The van der Waals surface area contributed by atoms with E-state index in [4.69, 9.17) is 4.74 Å². The first-order valence-electron chi connectivity index (χ1n) is 10.2. The minimum atomic E-state index is 0. The highest BCUT2D eigenvalue weighted by Crippen LogP contribution is 2.17. The van der Waals surface area contributed by atoms with Gasteiger partial charge in [-0.15, -0.1) is 12.4 Å². The van der Waals surface area contributed by atoms with Crippen LogP contribution in [0.1, 0.15) is 38.2 Å². The van der Waals surface area contributed by atoms with Crippen LogP contribution in [0.4, 0.5) is 0 Å². The summed E-state index contributed by atoms with van der Waals surface area (Å²) in [4.78, 5) is 14.6. The van der Waals surface area contributed by atoms with Crippen molar-refractivity contribution in [3.8, 4) is 5.75 Å². The molecular formula is C21H34ClN3O2. The minimum Gasteiger partial charge on any atom is -0.492 e. The van der Waals surface area contributed by atoms with E-state index in [1.807, 2.05) is 6.07 Å². The van der Waals surface area contributed by atoms with Crippen LogP contribution >= 0.6 is 12.4 Å². The fraction of sp³-hybridized carbons (Fsp3) is 0.667. The Hall–Kier alpha value is -1.30. The van der Waals surface area contributed by atoms with Crippen LogP contribution in [0.25, 0.3) is 0 Å². The average Bonchev–Trinajstić information content (AvgIpc) is 3.22. The van der Waals surface area contributed by atoms with Gasteiger partial charge in [0.15, 0.2) is 0 Å². The van der Waals surface area contributed by atoms with Crippen molar-refractivity contribution in [3.05, 3.63) is 29.8 Å². The standard InChI is InChI=1S/C21H33N3O2.ClH/c1-2-17-6-3-8-19(14-17)26-13-12-24-11-5-7-18(16-24)15-23-21(25)20-9-4-10-22-20;/h3,6,8,14,18,20,22H,2,4-5,7,9-13,15-16H2,1H3,(H,23,25);1H. The first kappa shape index (κ1) is 22.0. The van der Waals surface area contributed by atoms with Gasteiger partial charge in [0, 0.05) is 19.6 Å². The molecule has 3 rings (SSSR count). The van der Waals surface area contributed by atoms with Gasteiger partial charge < -0.3 is 15.4 Å². The van der Waals surface area contributed by atoms with E-state index in [1.165, 1.54) is 18.4 Å². The molecule has 1 aromatic carbocycles. The lowest BCUT2D eigenvalue weighted by atomic mass is 9.98. The molecule has 0 bridgehead atoms. The van der Waals surface area contributed by atoms with E-state index < -0.39 is 0 Å². The molecule has 2 heterocycles. The summed E-state index contributed by atoms with van der Waals surface area (Å²) in [6.45, 7) is 7.78. The van der Waals surface area contributed by atoms with Gasteiger partial charge in [0.2, 0.25) is 5.91 Å². The molecule has 0 aromatic heterocycles. The SMILES string of the molecule is CCc1cccc(OCCN2CCCC(CNC(=O)C3CCCN3)C2)c1.Cl.